The molecule has 0 aliphatic rings. The Kier molecular flexibility index (Phi) is 3.64. The van der Waals surface area contributed by atoms with Gasteiger partial charge < -0.3 is 5.32 Å². The Bertz CT molecular complexity index is 840. The number of hydrogen-bond acceptors (Lipinski definition) is 5. The zero-order valence-corrected chi connectivity index (χ0v) is 11.9. The van der Waals surface area contributed by atoms with Gasteiger partial charge in [0.2, 0.25) is 0 Å². The molecule has 1 N–H and O–H groups in total. The van der Waals surface area contributed by atoms with Crippen molar-refractivity contribution in [3.8, 4) is 0 Å². The molecule has 8 heteroatoms. The molecule has 1 aromatic carbocycles. The Morgan fingerprint density at radius 2 is 1.81 bits per heavy atom. The monoisotopic (exact) mass is 319 g/mol. The Hall–Kier alpha value is -2.31. The molecule has 0 saturated heterocycles. The van der Waals surface area contributed by atoms with Gasteiger partial charge in [-0.1, -0.05) is 35.3 Å². The summed E-state index contributed by atoms with van der Waals surface area (Å²) < 4.78 is 0. The summed E-state index contributed by atoms with van der Waals surface area (Å²) in [7, 11) is 0. The smallest absolute Gasteiger partial charge is 0.277 e. The van der Waals surface area contributed by atoms with Gasteiger partial charge >= 0.3 is 0 Å². The second kappa shape index (κ2) is 5.59. The van der Waals surface area contributed by atoms with Crippen LogP contribution in [-0.4, -0.2) is 25.8 Å². The number of anilines is 1. The van der Waals surface area contributed by atoms with Gasteiger partial charge in [-0.25, -0.2) is 15.0 Å². The molecular weight excluding hydrogens is 313 g/mol. The minimum Gasteiger partial charge on any atom is -0.304 e. The summed E-state index contributed by atoms with van der Waals surface area (Å²) in [6.45, 7) is 0. The number of benzene rings is 1. The fraction of sp³-hybridized carbons (Fsp3) is 0. The van der Waals surface area contributed by atoms with Crippen LogP contribution in [0.2, 0.25) is 10.2 Å². The van der Waals surface area contributed by atoms with Crippen molar-refractivity contribution >= 4 is 46.0 Å². The maximum absolute atomic E-state index is 12.1. The quantitative estimate of drug-likeness (QED) is 0.734. The van der Waals surface area contributed by atoms with Crippen LogP contribution in [0.5, 0.6) is 0 Å². The normalized spacial score (nSPS) is 10.6. The molecule has 0 radical (unpaired) electrons. The lowest BCUT2D eigenvalue weighted by Gasteiger charge is -2.06. The molecule has 0 saturated carbocycles. The zero-order chi connectivity index (χ0) is 14.8. The second-order valence-electron chi connectivity index (χ2n) is 4.03. The minimum absolute atomic E-state index is 0.0616. The van der Waals surface area contributed by atoms with Crippen LogP contribution in [-0.2, 0) is 0 Å². The Balaban J connectivity index is 1.91. The molecule has 104 valence electrons. The molecule has 1 amide bonds. The van der Waals surface area contributed by atoms with Crippen molar-refractivity contribution in [2.75, 3.05) is 5.32 Å². The summed E-state index contributed by atoms with van der Waals surface area (Å²) in [5.74, 6) is -0.360. The summed E-state index contributed by atoms with van der Waals surface area (Å²) in [5.41, 5.74) is 1.48. The molecule has 0 bridgehead atoms. The molecule has 2 aromatic heterocycles. The molecular formula is C13H7Cl2N5O. The van der Waals surface area contributed by atoms with Crippen molar-refractivity contribution < 1.29 is 4.79 Å². The zero-order valence-electron chi connectivity index (χ0n) is 10.4. The third-order valence-corrected chi connectivity index (χ3v) is 3.40. The first-order valence-electron chi connectivity index (χ1n) is 5.84. The Labute approximate surface area is 129 Å². The van der Waals surface area contributed by atoms with E-state index in [0.717, 1.165) is 0 Å². The van der Waals surface area contributed by atoms with E-state index in [1.54, 1.807) is 6.07 Å². The second-order valence-corrected chi connectivity index (χ2v) is 4.76. The summed E-state index contributed by atoms with van der Waals surface area (Å²) >= 11 is 11.7. The third-order valence-electron chi connectivity index (χ3n) is 2.66. The number of para-hydroxylation sites is 2. The molecule has 3 aromatic rings. The fourth-order valence-corrected chi connectivity index (χ4v) is 1.95. The van der Waals surface area contributed by atoms with Crippen molar-refractivity contribution in [3.63, 3.8) is 0 Å². The van der Waals surface area contributed by atoms with Gasteiger partial charge in [-0.05, 0) is 12.1 Å². The highest BCUT2D eigenvalue weighted by molar-refractivity contribution is 6.43. The molecule has 2 heterocycles. The lowest BCUT2D eigenvalue weighted by atomic mass is 10.3. The van der Waals surface area contributed by atoms with Crippen molar-refractivity contribution in [2.45, 2.75) is 0 Å². The van der Waals surface area contributed by atoms with Crippen LogP contribution in [0, 0.1) is 0 Å². The van der Waals surface area contributed by atoms with Crippen molar-refractivity contribution in [1.82, 2.24) is 19.9 Å². The summed E-state index contributed by atoms with van der Waals surface area (Å²) in [6.07, 6.45) is 2.59. The number of rotatable bonds is 2. The predicted molar refractivity (Wildman–Crippen MR) is 79.5 cm³/mol. The highest BCUT2D eigenvalue weighted by Gasteiger charge is 2.14. The highest BCUT2D eigenvalue weighted by atomic mass is 35.5. The fourth-order valence-electron chi connectivity index (χ4n) is 1.67. The van der Waals surface area contributed by atoms with Gasteiger partial charge in [0.15, 0.2) is 11.0 Å². The highest BCUT2D eigenvalue weighted by Crippen LogP contribution is 2.25. The SMILES string of the molecule is O=C(Nc1ncnc(Cl)c1Cl)c1cnc2ccccc2n1. The maximum atomic E-state index is 12.1. The van der Waals surface area contributed by atoms with Gasteiger partial charge in [0.25, 0.3) is 5.91 Å². The predicted octanol–water partition coefficient (Wildman–Crippen LogP) is 2.98. The van der Waals surface area contributed by atoms with Crippen LogP contribution in [0.25, 0.3) is 11.0 Å². The number of aromatic nitrogens is 4. The van der Waals surface area contributed by atoms with E-state index in [9.17, 15) is 4.79 Å². The van der Waals surface area contributed by atoms with Gasteiger partial charge in [0.05, 0.1) is 17.2 Å². The van der Waals surface area contributed by atoms with E-state index >= 15 is 0 Å². The number of carbonyl (C=O) groups excluding carboxylic acids is 1. The van der Waals surface area contributed by atoms with Crippen LogP contribution >= 0.6 is 23.2 Å². The molecule has 0 unspecified atom stereocenters. The molecule has 0 spiro atoms. The van der Waals surface area contributed by atoms with E-state index in [2.05, 4.69) is 25.3 Å². The third kappa shape index (κ3) is 2.76. The number of nitrogens with zero attached hydrogens (tertiary/aromatic N) is 4. The van der Waals surface area contributed by atoms with Crippen LogP contribution in [0.15, 0.2) is 36.8 Å². The van der Waals surface area contributed by atoms with E-state index in [0.29, 0.717) is 11.0 Å². The van der Waals surface area contributed by atoms with Crippen LogP contribution in [0.4, 0.5) is 5.82 Å². The van der Waals surface area contributed by atoms with Crippen LogP contribution in [0.1, 0.15) is 10.5 Å². The largest absolute Gasteiger partial charge is 0.304 e. The summed E-state index contributed by atoms with van der Waals surface area (Å²) in [4.78, 5) is 28.1. The molecule has 3 rings (SSSR count). The number of hydrogen-bond donors (Lipinski definition) is 1. The topological polar surface area (TPSA) is 80.7 Å². The first-order chi connectivity index (χ1) is 10.1. The molecule has 21 heavy (non-hydrogen) atoms. The molecule has 6 nitrogen and oxygen atoms in total. The average Bonchev–Trinajstić information content (AvgIpc) is 2.51. The van der Waals surface area contributed by atoms with Gasteiger partial charge in [0, 0.05) is 0 Å². The molecule has 0 atom stereocenters. The van der Waals surface area contributed by atoms with Gasteiger partial charge in [0.1, 0.15) is 17.0 Å². The number of carbonyl (C=O) groups is 1. The lowest BCUT2D eigenvalue weighted by Crippen LogP contribution is -2.15. The Morgan fingerprint density at radius 3 is 2.62 bits per heavy atom. The van der Waals surface area contributed by atoms with Gasteiger partial charge in [-0.15, -0.1) is 0 Å². The number of amides is 1. The van der Waals surface area contributed by atoms with Crippen molar-refractivity contribution in [1.29, 1.82) is 0 Å². The van der Waals surface area contributed by atoms with E-state index < -0.39 is 5.91 Å². The van der Waals surface area contributed by atoms with E-state index in [-0.39, 0.29) is 21.7 Å². The minimum atomic E-state index is -0.482. The average molecular weight is 320 g/mol. The number of halogens is 2. The molecule has 0 aliphatic heterocycles. The lowest BCUT2D eigenvalue weighted by molar-refractivity contribution is 0.102. The summed E-state index contributed by atoms with van der Waals surface area (Å²) in [6, 6.07) is 7.25. The maximum Gasteiger partial charge on any atom is 0.277 e. The first-order valence-corrected chi connectivity index (χ1v) is 6.60. The van der Waals surface area contributed by atoms with E-state index in [1.165, 1.54) is 12.5 Å². The molecule has 0 aliphatic carbocycles. The van der Waals surface area contributed by atoms with E-state index in [4.69, 9.17) is 23.2 Å². The Morgan fingerprint density at radius 1 is 1.05 bits per heavy atom. The van der Waals surface area contributed by atoms with Gasteiger partial charge in [-0.3, -0.25) is 9.78 Å². The van der Waals surface area contributed by atoms with Crippen molar-refractivity contribution in [2.24, 2.45) is 0 Å². The first kappa shape index (κ1) is 13.7. The van der Waals surface area contributed by atoms with Gasteiger partial charge in [-0.2, -0.15) is 0 Å². The van der Waals surface area contributed by atoms with Crippen LogP contribution < -0.4 is 5.32 Å². The standard InChI is InChI=1S/C13H7Cl2N5O/c14-10-11(15)17-6-18-12(10)20-13(21)9-5-16-7-3-1-2-4-8(7)19-9/h1-6H,(H,17,18,20,21). The van der Waals surface area contributed by atoms with Crippen LogP contribution in [0.3, 0.4) is 0 Å². The summed E-state index contributed by atoms with van der Waals surface area (Å²) in [5, 5.41) is 2.66. The number of nitrogens with one attached hydrogen (secondary N) is 1. The van der Waals surface area contributed by atoms with E-state index in [1.807, 2.05) is 18.2 Å². The molecule has 0 fully saturated rings. The van der Waals surface area contributed by atoms with Crippen molar-refractivity contribution in [3.05, 3.63) is 52.7 Å². The number of fused-ring (bicyclic) bond motifs is 1.